The number of hydrogen-bond donors (Lipinski definition) is 0. The highest BCUT2D eigenvalue weighted by atomic mass is 16.3. The van der Waals surface area contributed by atoms with E-state index in [9.17, 15) is 0 Å². The Morgan fingerprint density at radius 1 is 0.345 bits per heavy atom. The molecule has 10 rings (SSSR count). The van der Waals surface area contributed by atoms with Gasteiger partial charge in [-0.3, -0.25) is 0 Å². The third-order valence-electron chi connectivity index (χ3n) is 10.8. The average Bonchev–Trinajstić information content (AvgIpc) is 3.65. The van der Waals surface area contributed by atoms with Gasteiger partial charge in [-0.2, -0.15) is 0 Å². The van der Waals surface area contributed by atoms with Crippen molar-refractivity contribution in [2.75, 3.05) is 0 Å². The molecule has 58 heavy (non-hydrogen) atoms. The van der Waals surface area contributed by atoms with Crippen LogP contribution in [0.5, 0.6) is 0 Å². The van der Waals surface area contributed by atoms with Crippen LogP contribution >= 0.6 is 0 Å². The van der Waals surface area contributed by atoms with Gasteiger partial charge in [0.15, 0.2) is 17.5 Å². The van der Waals surface area contributed by atoms with E-state index in [2.05, 4.69) is 72.8 Å². The maximum Gasteiger partial charge on any atom is 0.164 e. The van der Waals surface area contributed by atoms with Gasteiger partial charge >= 0.3 is 0 Å². The smallest absolute Gasteiger partial charge is 0.164 e. The Labute approximate surface area is 342 Å². The van der Waals surface area contributed by atoms with Crippen molar-refractivity contribution >= 4 is 99.3 Å². The third-order valence-corrected chi connectivity index (χ3v) is 10.8. The van der Waals surface area contributed by atoms with E-state index in [1.54, 1.807) is 0 Å². The monoisotopic (exact) mass is 727 g/mol. The zero-order valence-electron chi connectivity index (χ0n) is 31.1. The number of nitrogens with zero attached hydrogens (tertiary/aromatic N) is 3. The van der Waals surface area contributed by atoms with Crippen molar-refractivity contribution in [3.05, 3.63) is 158 Å². The molecule has 0 atom stereocenters. The number of benzene rings is 8. The Morgan fingerprint density at radius 3 is 1.57 bits per heavy atom. The van der Waals surface area contributed by atoms with Gasteiger partial charge in [-0.25, -0.2) is 15.0 Å². The van der Waals surface area contributed by atoms with Crippen LogP contribution in [-0.4, -0.2) is 54.2 Å². The molecular weight excluding hydrogens is 701 g/mol. The van der Waals surface area contributed by atoms with Gasteiger partial charge in [0.2, 0.25) is 0 Å². The maximum atomic E-state index is 6.59. The number of rotatable bonds is 6. The molecule has 10 radical (unpaired) electrons. The molecule has 0 saturated heterocycles. The maximum absolute atomic E-state index is 6.59. The highest BCUT2D eigenvalue weighted by Crippen LogP contribution is 2.43. The van der Waals surface area contributed by atoms with Crippen molar-refractivity contribution in [1.82, 2.24) is 15.0 Å². The lowest BCUT2D eigenvalue weighted by Crippen LogP contribution is -2.55. The van der Waals surface area contributed by atoms with E-state index in [4.69, 9.17) is 58.6 Å². The fourth-order valence-corrected chi connectivity index (χ4v) is 7.79. The summed E-state index contributed by atoms with van der Waals surface area (Å²) in [5.74, 6) is 1.04. The largest absolute Gasteiger partial charge is 0.456 e. The van der Waals surface area contributed by atoms with Crippen LogP contribution in [0.25, 0.3) is 100 Å². The molecule has 0 spiro atoms. The topological polar surface area (TPSA) is 51.8 Å². The van der Waals surface area contributed by atoms with Crippen LogP contribution in [0.1, 0.15) is 0 Å². The number of furan rings is 1. The minimum absolute atomic E-state index is 0.112. The summed E-state index contributed by atoms with van der Waals surface area (Å²) in [6, 6.07) is 53.6. The first-order valence-corrected chi connectivity index (χ1v) is 18.8. The lowest BCUT2D eigenvalue weighted by molar-refractivity contribution is 0.669. The number of aromatic nitrogens is 3. The summed E-state index contributed by atoms with van der Waals surface area (Å²) in [7, 11) is 32.1. The molecule has 0 aliphatic rings. The van der Waals surface area contributed by atoms with Gasteiger partial charge in [-0.05, 0) is 68.4 Å². The van der Waals surface area contributed by atoms with Gasteiger partial charge < -0.3 is 4.42 Å². The van der Waals surface area contributed by atoms with E-state index in [0.717, 1.165) is 77.2 Å². The summed E-state index contributed by atoms with van der Waals surface area (Å²) in [4.78, 5) is 15.0. The molecule has 0 aliphatic carbocycles. The second-order valence-corrected chi connectivity index (χ2v) is 14.3. The molecule has 0 N–H and O–H groups in total. The van der Waals surface area contributed by atoms with Gasteiger partial charge in [-0.1, -0.05) is 144 Å². The predicted octanol–water partition coefficient (Wildman–Crippen LogP) is 6.90. The van der Waals surface area contributed by atoms with Crippen LogP contribution in [0.3, 0.4) is 0 Å². The molecule has 0 unspecified atom stereocenters. The molecule has 10 aromatic rings. The van der Waals surface area contributed by atoms with E-state index >= 15 is 0 Å². The second-order valence-electron chi connectivity index (χ2n) is 14.3. The van der Waals surface area contributed by atoms with Gasteiger partial charge in [-0.15, -0.1) is 16.4 Å². The highest BCUT2D eigenvalue weighted by molar-refractivity contribution is 6.68. The van der Waals surface area contributed by atoms with E-state index in [1.165, 1.54) is 0 Å². The zero-order valence-corrected chi connectivity index (χ0v) is 31.1. The molecule has 0 amide bonds. The van der Waals surface area contributed by atoms with E-state index in [-0.39, 0.29) is 33.1 Å². The summed E-state index contributed by atoms with van der Waals surface area (Å²) in [5.41, 5.74) is 10.3. The van der Waals surface area contributed by atoms with Gasteiger partial charge in [0.1, 0.15) is 50.4 Å². The molecular formula is C49H26B5N3O. The Morgan fingerprint density at radius 2 is 0.879 bits per heavy atom. The molecule has 0 bridgehead atoms. The van der Waals surface area contributed by atoms with Crippen LogP contribution in [0, 0.1) is 0 Å². The molecule has 258 valence electrons. The average molecular weight is 727 g/mol. The molecule has 9 heteroatoms. The van der Waals surface area contributed by atoms with Crippen molar-refractivity contribution in [3.63, 3.8) is 0 Å². The van der Waals surface area contributed by atoms with Gasteiger partial charge in [0, 0.05) is 27.5 Å². The number of hydrogen-bond acceptors (Lipinski definition) is 4. The minimum atomic E-state index is 0.112. The predicted molar refractivity (Wildman–Crippen MR) is 244 cm³/mol. The summed E-state index contributed by atoms with van der Waals surface area (Å²) >= 11 is 0. The van der Waals surface area contributed by atoms with E-state index < -0.39 is 0 Å². The fraction of sp³-hybridized carbons (Fsp3) is 0. The van der Waals surface area contributed by atoms with Crippen LogP contribution in [0.2, 0.25) is 0 Å². The van der Waals surface area contributed by atoms with Crippen LogP contribution in [-0.2, 0) is 0 Å². The normalized spacial score (nSPS) is 11.4. The summed E-state index contributed by atoms with van der Waals surface area (Å²) in [6.07, 6.45) is 0. The first-order chi connectivity index (χ1) is 28.3. The van der Waals surface area contributed by atoms with E-state index in [0.29, 0.717) is 17.2 Å². The molecule has 0 fully saturated rings. The third kappa shape index (κ3) is 6.06. The standard InChI is InChI=1S/C49H26B5N3O/c50-42-41(43(51)45(53)46(54)44(42)52)49-56-47(30-20-18-28(19-21-30)27-10-3-1-4-11-27)55-48(57-49)33-22-23-34(36(25-33)29-12-5-2-6-13-29)35-16-9-17-38-40(35)37-24-31-14-7-8-15-32(31)26-39(37)58-38/h1-26H. The fourth-order valence-electron chi connectivity index (χ4n) is 7.79. The van der Waals surface area contributed by atoms with Crippen LogP contribution in [0.4, 0.5) is 0 Å². The van der Waals surface area contributed by atoms with Gasteiger partial charge in [0.05, 0.1) is 0 Å². The van der Waals surface area contributed by atoms with Crippen molar-refractivity contribution in [3.8, 4) is 67.5 Å². The molecule has 8 aromatic carbocycles. The Bertz CT molecular complexity index is 3190. The highest BCUT2D eigenvalue weighted by Gasteiger charge is 2.21. The minimum Gasteiger partial charge on any atom is -0.456 e. The zero-order chi connectivity index (χ0) is 39.5. The van der Waals surface area contributed by atoms with Crippen molar-refractivity contribution < 1.29 is 4.42 Å². The Hall–Kier alpha value is -6.85. The van der Waals surface area contributed by atoms with E-state index in [1.807, 2.05) is 84.9 Å². The molecule has 2 aromatic heterocycles. The summed E-state index contributed by atoms with van der Waals surface area (Å²) in [6.45, 7) is 0. The lowest BCUT2D eigenvalue weighted by Gasteiger charge is -2.21. The molecule has 2 heterocycles. The molecule has 0 saturated carbocycles. The second kappa shape index (κ2) is 14.3. The van der Waals surface area contributed by atoms with Gasteiger partial charge in [0.25, 0.3) is 0 Å². The quantitative estimate of drug-likeness (QED) is 0.175. The Balaban J connectivity index is 1.19. The SMILES string of the molecule is [B]c1c([B])c([B])c(-c2nc(-c3ccc(-c4ccccc4)cc3)nc(-c3ccc(-c4cccc5oc6cc7ccccc7cc6c45)c(-c4ccccc4)c3)n2)c([B])c1[B]. The number of fused-ring (bicyclic) bond motifs is 4. The molecule has 0 aliphatic heterocycles. The van der Waals surface area contributed by atoms with Crippen LogP contribution < -0.4 is 27.3 Å². The van der Waals surface area contributed by atoms with Crippen molar-refractivity contribution in [2.45, 2.75) is 0 Å². The lowest BCUT2D eigenvalue weighted by atomic mass is 9.60. The summed E-state index contributed by atoms with van der Waals surface area (Å²) < 4.78 is 6.47. The first kappa shape index (κ1) is 35.6. The van der Waals surface area contributed by atoms with Crippen LogP contribution in [0.15, 0.2) is 162 Å². The summed E-state index contributed by atoms with van der Waals surface area (Å²) in [5, 5.41) is 4.37. The van der Waals surface area contributed by atoms with Crippen molar-refractivity contribution in [2.24, 2.45) is 0 Å². The Kier molecular flexibility index (Phi) is 8.75. The molecule has 4 nitrogen and oxygen atoms in total. The van der Waals surface area contributed by atoms with Crippen molar-refractivity contribution in [1.29, 1.82) is 0 Å². The first-order valence-electron chi connectivity index (χ1n) is 18.8.